The first-order valence-corrected chi connectivity index (χ1v) is 6.21. The van der Waals surface area contributed by atoms with Crippen LogP contribution in [0.3, 0.4) is 0 Å². The summed E-state index contributed by atoms with van der Waals surface area (Å²) >= 11 is 0. The fourth-order valence-corrected chi connectivity index (χ4v) is 1.81. The molecule has 0 aliphatic rings. The van der Waals surface area contributed by atoms with Gasteiger partial charge in [-0.05, 0) is 18.0 Å². The van der Waals surface area contributed by atoms with Crippen LogP contribution in [0.25, 0.3) is 11.3 Å². The van der Waals surface area contributed by atoms with Crippen LogP contribution in [0.15, 0.2) is 34.9 Å². The molecule has 18 heavy (non-hydrogen) atoms. The zero-order valence-corrected chi connectivity index (χ0v) is 11.4. The van der Waals surface area contributed by atoms with E-state index in [1.165, 1.54) is 5.56 Å². The van der Waals surface area contributed by atoms with E-state index in [1.54, 1.807) is 6.20 Å². The van der Waals surface area contributed by atoms with E-state index in [-0.39, 0.29) is 5.41 Å². The van der Waals surface area contributed by atoms with Crippen molar-refractivity contribution in [2.45, 2.75) is 32.7 Å². The van der Waals surface area contributed by atoms with Gasteiger partial charge in [-0.25, -0.2) is 4.98 Å². The molecule has 1 N–H and O–H groups in total. The van der Waals surface area contributed by atoms with E-state index in [9.17, 15) is 0 Å². The lowest BCUT2D eigenvalue weighted by molar-refractivity contribution is 0.491. The smallest absolute Gasteiger partial charge is 0.208 e. The second-order valence-corrected chi connectivity index (χ2v) is 5.48. The van der Waals surface area contributed by atoms with Crippen LogP contribution in [-0.2, 0) is 12.0 Å². The molecule has 0 bridgehead atoms. The first kappa shape index (κ1) is 12.8. The van der Waals surface area contributed by atoms with Crippen LogP contribution < -0.4 is 5.32 Å². The molecule has 0 saturated carbocycles. The summed E-state index contributed by atoms with van der Waals surface area (Å²) in [5.41, 5.74) is 2.57. The van der Waals surface area contributed by atoms with Crippen molar-refractivity contribution in [3.05, 3.63) is 41.9 Å². The van der Waals surface area contributed by atoms with E-state index < -0.39 is 0 Å². The Morgan fingerprint density at radius 3 is 2.39 bits per heavy atom. The number of oxazole rings is 1. The number of hydrogen-bond donors (Lipinski definition) is 1. The van der Waals surface area contributed by atoms with Crippen molar-refractivity contribution in [3.8, 4) is 11.3 Å². The molecule has 1 aromatic carbocycles. The Balaban J connectivity index is 2.23. The lowest BCUT2D eigenvalue weighted by Crippen LogP contribution is -2.10. The molecule has 0 unspecified atom stereocenters. The highest BCUT2D eigenvalue weighted by atomic mass is 16.4. The molecule has 96 valence electrons. The van der Waals surface area contributed by atoms with Crippen LogP contribution in [0.4, 0.5) is 0 Å². The third kappa shape index (κ3) is 2.79. The molecule has 0 aliphatic carbocycles. The van der Waals surface area contributed by atoms with Gasteiger partial charge in [-0.3, -0.25) is 0 Å². The van der Waals surface area contributed by atoms with Crippen molar-refractivity contribution in [3.63, 3.8) is 0 Å². The molecule has 0 saturated heterocycles. The molecule has 2 rings (SSSR count). The topological polar surface area (TPSA) is 38.1 Å². The van der Waals surface area contributed by atoms with Gasteiger partial charge in [0, 0.05) is 5.56 Å². The van der Waals surface area contributed by atoms with Gasteiger partial charge in [-0.2, -0.15) is 0 Å². The molecule has 3 heteroatoms. The number of benzene rings is 1. The van der Waals surface area contributed by atoms with Gasteiger partial charge >= 0.3 is 0 Å². The summed E-state index contributed by atoms with van der Waals surface area (Å²) in [6.07, 6.45) is 1.78. The monoisotopic (exact) mass is 244 g/mol. The van der Waals surface area contributed by atoms with Gasteiger partial charge in [0.1, 0.15) is 0 Å². The number of hydrogen-bond acceptors (Lipinski definition) is 3. The molecule has 0 radical (unpaired) electrons. The Labute approximate surface area is 108 Å². The fourth-order valence-electron chi connectivity index (χ4n) is 1.81. The molecule has 1 aromatic heterocycles. The predicted molar refractivity (Wildman–Crippen MR) is 73.4 cm³/mol. The highest BCUT2D eigenvalue weighted by Crippen LogP contribution is 2.26. The van der Waals surface area contributed by atoms with Crippen molar-refractivity contribution in [1.82, 2.24) is 10.3 Å². The van der Waals surface area contributed by atoms with E-state index >= 15 is 0 Å². The van der Waals surface area contributed by atoms with Crippen molar-refractivity contribution in [2.75, 3.05) is 7.05 Å². The minimum Gasteiger partial charge on any atom is -0.439 e. The maximum Gasteiger partial charge on any atom is 0.208 e. The van der Waals surface area contributed by atoms with Gasteiger partial charge in [0.2, 0.25) is 5.89 Å². The quantitative estimate of drug-likeness (QED) is 0.899. The first-order valence-electron chi connectivity index (χ1n) is 6.21. The van der Waals surface area contributed by atoms with Gasteiger partial charge in [-0.15, -0.1) is 0 Å². The molecular formula is C15H20N2O. The Morgan fingerprint density at radius 1 is 1.17 bits per heavy atom. The summed E-state index contributed by atoms with van der Waals surface area (Å²) in [5, 5.41) is 3.02. The third-order valence-corrected chi connectivity index (χ3v) is 2.92. The summed E-state index contributed by atoms with van der Waals surface area (Å²) < 4.78 is 5.66. The lowest BCUT2D eigenvalue weighted by atomic mass is 9.86. The maximum absolute atomic E-state index is 5.66. The minimum absolute atomic E-state index is 0.178. The zero-order chi connectivity index (χ0) is 13.2. The minimum atomic E-state index is 0.178. The van der Waals surface area contributed by atoms with Crippen molar-refractivity contribution < 1.29 is 4.42 Å². The number of nitrogens with one attached hydrogen (secondary N) is 1. The fraction of sp³-hybridized carbons (Fsp3) is 0.400. The van der Waals surface area contributed by atoms with Crippen LogP contribution in [0, 0.1) is 0 Å². The Hall–Kier alpha value is -1.61. The van der Waals surface area contributed by atoms with E-state index in [0.29, 0.717) is 12.4 Å². The summed E-state index contributed by atoms with van der Waals surface area (Å²) in [7, 11) is 1.88. The molecule has 1 heterocycles. The predicted octanol–water partition coefficient (Wildman–Crippen LogP) is 3.36. The van der Waals surface area contributed by atoms with Crippen LogP contribution in [0.2, 0.25) is 0 Å². The third-order valence-electron chi connectivity index (χ3n) is 2.92. The second kappa shape index (κ2) is 4.94. The van der Waals surface area contributed by atoms with Crippen LogP contribution in [0.5, 0.6) is 0 Å². The van der Waals surface area contributed by atoms with Crippen molar-refractivity contribution >= 4 is 0 Å². The lowest BCUT2D eigenvalue weighted by Gasteiger charge is -2.18. The zero-order valence-electron chi connectivity index (χ0n) is 11.4. The van der Waals surface area contributed by atoms with Gasteiger partial charge in [0.25, 0.3) is 0 Å². The van der Waals surface area contributed by atoms with E-state index in [0.717, 1.165) is 11.3 Å². The largest absolute Gasteiger partial charge is 0.439 e. The molecule has 0 spiro atoms. The average Bonchev–Trinajstić information content (AvgIpc) is 2.77. The number of rotatable bonds is 3. The molecule has 0 aliphatic heterocycles. The molecule has 2 aromatic rings. The van der Waals surface area contributed by atoms with Crippen molar-refractivity contribution in [2.24, 2.45) is 0 Å². The highest BCUT2D eigenvalue weighted by molar-refractivity contribution is 5.57. The maximum atomic E-state index is 5.66. The van der Waals surface area contributed by atoms with Crippen LogP contribution in [0.1, 0.15) is 32.2 Å². The number of aromatic nitrogens is 1. The van der Waals surface area contributed by atoms with Gasteiger partial charge in [0.15, 0.2) is 5.76 Å². The molecule has 3 nitrogen and oxygen atoms in total. The van der Waals surface area contributed by atoms with Crippen molar-refractivity contribution in [1.29, 1.82) is 0 Å². The average molecular weight is 244 g/mol. The SMILES string of the molecule is CNCc1ncc(-c2ccc(C(C)(C)C)cc2)o1. The van der Waals surface area contributed by atoms with E-state index in [1.807, 2.05) is 7.05 Å². The number of nitrogens with zero attached hydrogens (tertiary/aromatic N) is 1. The van der Waals surface area contributed by atoms with E-state index in [2.05, 4.69) is 55.3 Å². The highest BCUT2D eigenvalue weighted by Gasteiger charge is 2.13. The van der Waals surface area contributed by atoms with Crippen LogP contribution >= 0.6 is 0 Å². The Kier molecular flexibility index (Phi) is 3.53. The molecule has 0 atom stereocenters. The summed E-state index contributed by atoms with van der Waals surface area (Å²) in [5.74, 6) is 1.54. The standard InChI is InChI=1S/C15H20N2O/c1-15(2,3)12-7-5-11(6-8-12)13-9-17-14(18-13)10-16-4/h5-9,16H,10H2,1-4H3. The summed E-state index contributed by atoms with van der Waals surface area (Å²) in [6.45, 7) is 7.28. The van der Waals surface area contributed by atoms with E-state index in [4.69, 9.17) is 4.42 Å². The van der Waals surface area contributed by atoms with Gasteiger partial charge < -0.3 is 9.73 Å². The van der Waals surface area contributed by atoms with Gasteiger partial charge in [0.05, 0.1) is 12.7 Å². The normalized spacial score (nSPS) is 11.8. The Morgan fingerprint density at radius 2 is 1.83 bits per heavy atom. The Bertz CT molecular complexity index is 506. The first-order chi connectivity index (χ1) is 8.50. The second-order valence-electron chi connectivity index (χ2n) is 5.48. The molecule has 0 amide bonds. The molecular weight excluding hydrogens is 224 g/mol. The summed E-state index contributed by atoms with van der Waals surface area (Å²) in [6, 6.07) is 8.47. The summed E-state index contributed by atoms with van der Waals surface area (Å²) in [4.78, 5) is 4.22. The molecule has 0 fully saturated rings. The van der Waals surface area contributed by atoms with Gasteiger partial charge in [-0.1, -0.05) is 45.0 Å². The van der Waals surface area contributed by atoms with Crippen LogP contribution in [-0.4, -0.2) is 12.0 Å².